The second-order valence-corrected chi connectivity index (χ2v) is 4.74. The number of aromatic nitrogens is 2. The molecule has 0 spiro atoms. The molecule has 3 nitrogen and oxygen atoms in total. The molecule has 4 heteroatoms. The van der Waals surface area contributed by atoms with Crippen molar-refractivity contribution in [2.75, 3.05) is 6.54 Å². The van der Waals surface area contributed by atoms with Crippen LogP contribution >= 0.6 is 12.4 Å². The number of nitrogens with one attached hydrogen (secondary N) is 1. The van der Waals surface area contributed by atoms with E-state index in [1.165, 1.54) is 6.42 Å². The normalized spacial score (nSPS) is 10.9. The molecule has 0 aliphatic heterocycles. The lowest BCUT2D eigenvalue weighted by atomic mass is 10.1. The minimum atomic E-state index is 0. The van der Waals surface area contributed by atoms with E-state index in [0.717, 1.165) is 24.7 Å². The Hall–Kier alpha value is -0.540. The second-order valence-electron chi connectivity index (χ2n) is 4.74. The molecule has 16 heavy (non-hydrogen) atoms. The maximum absolute atomic E-state index is 4.48. The molecule has 1 aromatic heterocycles. The molecule has 1 rings (SSSR count). The Morgan fingerprint density at radius 1 is 1.31 bits per heavy atom. The first-order chi connectivity index (χ1) is 7.09. The summed E-state index contributed by atoms with van der Waals surface area (Å²) < 4.78 is 2.00. The van der Waals surface area contributed by atoms with Crippen molar-refractivity contribution < 1.29 is 0 Å². The summed E-state index contributed by atoms with van der Waals surface area (Å²) in [5, 5.41) is 7.89. The van der Waals surface area contributed by atoms with Gasteiger partial charge in [0.2, 0.25) is 0 Å². The SMILES string of the molecule is CC(C)CCNCc1ccn(C(C)C)n1.Cl. The molecule has 94 valence electrons. The summed E-state index contributed by atoms with van der Waals surface area (Å²) in [6, 6.07) is 2.54. The van der Waals surface area contributed by atoms with Gasteiger partial charge in [-0.15, -0.1) is 12.4 Å². The first-order valence-corrected chi connectivity index (χ1v) is 5.84. The molecule has 1 N–H and O–H groups in total. The predicted molar refractivity (Wildman–Crippen MR) is 71.0 cm³/mol. The Labute approximate surface area is 105 Å². The summed E-state index contributed by atoms with van der Waals surface area (Å²) in [6.07, 6.45) is 3.27. The van der Waals surface area contributed by atoms with E-state index in [4.69, 9.17) is 0 Å². The molecular formula is C12H24ClN3. The van der Waals surface area contributed by atoms with Gasteiger partial charge in [-0.3, -0.25) is 4.68 Å². The average molecular weight is 246 g/mol. The summed E-state index contributed by atoms with van der Waals surface area (Å²) in [7, 11) is 0. The van der Waals surface area contributed by atoms with Crippen LogP contribution in [-0.4, -0.2) is 16.3 Å². The van der Waals surface area contributed by atoms with Gasteiger partial charge in [-0.25, -0.2) is 0 Å². The van der Waals surface area contributed by atoms with Crippen molar-refractivity contribution in [2.45, 2.75) is 46.7 Å². The smallest absolute Gasteiger partial charge is 0.0762 e. The van der Waals surface area contributed by atoms with Crippen LogP contribution in [0.2, 0.25) is 0 Å². The highest BCUT2D eigenvalue weighted by Gasteiger charge is 2.01. The lowest BCUT2D eigenvalue weighted by molar-refractivity contribution is 0.510. The Morgan fingerprint density at radius 2 is 2.00 bits per heavy atom. The molecule has 0 aliphatic carbocycles. The molecule has 0 aromatic carbocycles. The summed E-state index contributed by atoms with van der Waals surface area (Å²) >= 11 is 0. The summed E-state index contributed by atoms with van der Waals surface area (Å²) in [4.78, 5) is 0. The van der Waals surface area contributed by atoms with Crippen LogP contribution in [0.5, 0.6) is 0 Å². The first-order valence-electron chi connectivity index (χ1n) is 5.84. The van der Waals surface area contributed by atoms with Crippen molar-refractivity contribution in [1.82, 2.24) is 15.1 Å². The summed E-state index contributed by atoms with van der Waals surface area (Å²) in [6.45, 7) is 10.7. The molecule has 0 aliphatic rings. The summed E-state index contributed by atoms with van der Waals surface area (Å²) in [5.41, 5.74) is 1.13. The fraction of sp³-hybridized carbons (Fsp3) is 0.750. The van der Waals surface area contributed by atoms with Crippen molar-refractivity contribution in [1.29, 1.82) is 0 Å². The molecule has 0 saturated carbocycles. The maximum atomic E-state index is 4.48. The highest BCUT2D eigenvalue weighted by Crippen LogP contribution is 2.04. The van der Waals surface area contributed by atoms with Crippen molar-refractivity contribution in [3.8, 4) is 0 Å². The van der Waals surface area contributed by atoms with Crippen LogP contribution in [0.1, 0.15) is 45.9 Å². The fourth-order valence-corrected chi connectivity index (χ4v) is 1.37. The van der Waals surface area contributed by atoms with E-state index < -0.39 is 0 Å². The molecular weight excluding hydrogens is 222 g/mol. The highest BCUT2D eigenvalue weighted by atomic mass is 35.5. The topological polar surface area (TPSA) is 29.9 Å². The van der Waals surface area contributed by atoms with Gasteiger partial charge in [0.05, 0.1) is 5.69 Å². The zero-order chi connectivity index (χ0) is 11.3. The number of nitrogens with zero attached hydrogens (tertiary/aromatic N) is 2. The molecule has 1 heterocycles. The maximum Gasteiger partial charge on any atom is 0.0762 e. The van der Waals surface area contributed by atoms with Crippen LogP contribution in [0, 0.1) is 5.92 Å². The molecule has 0 unspecified atom stereocenters. The Balaban J connectivity index is 0.00000225. The van der Waals surface area contributed by atoms with Crippen molar-refractivity contribution >= 4 is 12.4 Å². The van der Waals surface area contributed by atoms with Crippen LogP contribution in [0.25, 0.3) is 0 Å². The van der Waals surface area contributed by atoms with E-state index in [1.54, 1.807) is 0 Å². The van der Waals surface area contributed by atoms with Crippen molar-refractivity contribution in [3.63, 3.8) is 0 Å². The van der Waals surface area contributed by atoms with Gasteiger partial charge in [0.25, 0.3) is 0 Å². The molecule has 0 fully saturated rings. The van der Waals surface area contributed by atoms with Crippen molar-refractivity contribution in [2.24, 2.45) is 5.92 Å². The molecule has 0 amide bonds. The lowest BCUT2D eigenvalue weighted by Crippen LogP contribution is -2.17. The highest BCUT2D eigenvalue weighted by molar-refractivity contribution is 5.85. The van der Waals surface area contributed by atoms with E-state index in [1.807, 2.05) is 10.9 Å². The van der Waals surface area contributed by atoms with Crippen LogP contribution in [0.4, 0.5) is 0 Å². The average Bonchev–Trinajstić information content (AvgIpc) is 2.60. The van der Waals surface area contributed by atoms with Gasteiger partial charge in [-0.05, 0) is 38.8 Å². The van der Waals surface area contributed by atoms with Gasteiger partial charge in [0.1, 0.15) is 0 Å². The van der Waals surface area contributed by atoms with E-state index >= 15 is 0 Å². The minimum absolute atomic E-state index is 0. The monoisotopic (exact) mass is 245 g/mol. The van der Waals surface area contributed by atoms with Crippen LogP contribution in [0.3, 0.4) is 0 Å². The van der Waals surface area contributed by atoms with E-state index in [2.05, 4.69) is 44.2 Å². The van der Waals surface area contributed by atoms with Crippen LogP contribution in [0.15, 0.2) is 12.3 Å². The second kappa shape index (κ2) is 7.69. The molecule has 0 saturated heterocycles. The molecule has 0 atom stereocenters. The summed E-state index contributed by atoms with van der Waals surface area (Å²) in [5.74, 6) is 0.769. The zero-order valence-corrected chi connectivity index (χ0v) is 11.5. The third-order valence-electron chi connectivity index (χ3n) is 2.40. The van der Waals surface area contributed by atoms with Gasteiger partial charge in [0.15, 0.2) is 0 Å². The third kappa shape index (κ3) is 5.52. The molecule has 0 bridgehead atoms. The number of hydrogen-bond donors (Lipinski definition) is 1. The van der Waals surface area contributed by atoms with Gasteiger partial charge in [0, 0.05) is 18.8 Å². The molecule has 1 aromatic rings. The van der Waals surface area contributed by atoms with E-state index in [9.17, 15) is 0 Å². The largest absolute Gasteiger partial charge is 0.311 e. The standard InChI is InChI=1S/C12H23N3.ClH/c1-10(2)5-7-13-9-12-6-8-15(14-12)11(3)4;/h6,8,10-11,13H,5,7,9H2,1-4H3;1H. The van der Waals surface area contributed by atoms with Crippen LogP contribution < -0.4 is 5.32 Å². The quantitative estimate of drug-likeness (QED) is 0.781. The Kier molecular flexibility index (Phi) is 7.43. The third-order valence-corrected chi connectivity index (χ3v) is 2.40. The van der Waals surface area contributed by atoms with Gasteiger partial charge < -0.3 is 5.32 Å². The first kappa shape index (κ1) is 15.5. The predicted octanol–water partition coefficient (Wildman–Crippen LogP) is 3.02. The molecule has 0 radical (unpaired) electrons. The number of hydrogen-bond acceptors (Lipinski definition) is 2. The van der Waals surface area contributed by atoms with Crippen molar-refractivity contribution in [3.05, 3.63) is 18.0 Å². The zero-order valence-electron chi connectivity index (χ0n) is 10.7. The van der Waals surface area contributed by atoms with Gasteiger partial charge >= 0.3 is 0 Å². The van der Waals surface area contributed by atoms with E-state index in [-0.39, 0.29) is 12.4 Å². The van der Waals surface area contributed by atoms with Crippen LogP contribution in [-0.2, 0) is 6.54 Å². The lowest BCUT2D eigenvalue weighted by Gasteiger charge is -2.06. The minimum Gasteiger partial charge on any atom is -0.311 e. The van der Waals surface area contributed by atoms with Gasteiger partial charge in [-0.1, -0.05) is 13.8 Å². The number of halogens is 1. The Morgan fingerprint density at radius 3 is 2.50 bits per heavy atom. The van der Waals surface area contributed by atoms with E-state index in [0.29, 0.717) is 6.04 Å². The fourth-order valence-electron chi connectivity index (χ4n) is 1.37. The number of rotatable bonds is 6. The van der Waals surface area contributed by atoms with Gasteiger partial charge in [-0.2, -0.15) is 5.10 Å². The Bertz CT molecular complexity index is 282.